The molecule has 17 heavy (non-hydrogen) atoms. The van der Waals surface area contributed by atoms with Gasteiger partial charge in [0.2, 0.25) is 0 Å². The Morgan fingerprint density at radius 2 is 2.06 bits per heavy atom. The highest BCUT2D eigenvalue weighted by Gasteiger charge is 2.41. The fourth-order valence-electron chi connectivity index (χ4n) is 2.95. The number of benzene rings is 1. The van der Waals surface area contributed by atoms with Crippen LogP contribution in [0.3, 0.4) is 0 Å². The summed E-state index contributed by atoms with van der Waals surface area (Å²) in [5.74, 6) is 0.361. The molecule has 1 atom stereocenters. The average molecular weight is 231 g/mol. The molecule has 0 aromatic heterocycles. The molecular formula is C15H21NO. The van der Waals surface area contributed by atoms with Gasteiger partial charge in [0.15, 0.2) is 5.78 Å². The smallest absolute Gasteiger partial charge is 0.157 e. The fraction of sp³-hybridized carbons (Fsp3) is 0.533. The zero-order valence-corrected chi connectivity index (χ0v) is 10.8. The highest BCUT2D eigenvalue weighted by molar-refractivity contribution is 5.90. The van der Waals surface area contributed by atoms with Crippen LogP contribution in [0.4, 0.5) is 0 Å². The maximum absolute atomic E-state index is 12.4. The molecule has 2 nitrogen and oxygen atoms in total. The van der Waals surface area contributed by atoms with Crippen LogP contribution in [0, 0.1) is 6.92 Å². The molecule has 1 aliphatic carbocycles. The van der Waals surface area contributed by atoms with Crippen molar-refractivity contribution in [1.82, 2.24) is 5.32 Å². The van der Waals surface area contributed by atoms with Crippen molar-refractivity contribution in [3.8, 4) is 0 Å². The molecule has 1 fully saturated rings. The van der Waals surface area contributed by atoms with Crippen LogP contribution in [-0.4, -0.2) is 12.3 Å². The van der Waals surface area contributed by atoms with E-state index in [4.69, 9.17) is 0 Å². The van der Waals surface area contributed by atoms with Crippen LogP contribution in [-0.2, 0) is 10.3 Å². The lowest BCUT2D eigenvalue weighted by Gasteiger charge is -2.38. The normalized spacial score (nSPS) is 24.9. The van der Waals surface area contributed by atoms with Gasteiger partial charge in [0.05, 0.1) is 0 Å². The van der Waals surface area contributed by atoms with Gasteiger partial charge in [-0.1, -0.05) is 37.6 Å². The van der Waals surface area contributed by atoms with Gasteiger partial charge in [-0.25, -0.2) is 0 Å². The van der Waals surface area contributed by atoms with Crippen LogP contribution >= 0.6 is 0 Å². The van der Waals surface area contributed by atoms with E-state index >= 15 is 0 Å². The van der Waals surface area contributed by atoms with E-state index in [0.29, 0.717) is 12.2 Å². The quantitative estimate of drug-likeness (QED) is 0.866. The van der Waals surface area contributed by atoms with Crippen molar-refractivity contribution in [2.24, 2.45) is 0 Å². The molecule has 1 N–H and O–H groups in total. The first-order chi connectivity index (χ1) is 8.20. The molecule has 2 heteroatoms. The fourth-order valence-corrected chi connectivity index (χ4v) is 2.95. The zero-order valence-electron chi connectivity index (χ0n) is 10.8. The van der Waals surface area contributed by atoms with Gasteiger partial charge in [0.1, 0.15) is 5.54 Å². The summed E-state index contributed by atoms with van der Waals surface area (Å²) in [4.78, 5) is 12.4. The van der Waals surface area contributed by atoms with E-state index in [-0.39, 0.29) is 0 Å². The molecule has 0 spiro atoms. The van der Waals surface area contributed by atoms with Gasteiger partial charge in [0.25, 0.3) is 0 Å². The predicted octanol–water partition coefficient (Wildman–Crippen LogP) is 2.94. The van der Waals surface area contributed by atoms with E-state index in [2.05, 4.69) is 31.3 Å². The van der Waals surface area contributed by atoms with Gasteiger partial charge >= 0.3 is 0 Å². The van der Waals surface area contributed by atoms with Gasteiger partial charge in [-0.3, -0.25) is 4.79 Å². The number of carbonyl (C=O) groups excluding carboxylic acids is 1. The van der Waals surface area contributed by atoms with Crippen LogP contribution in [0.2, 0.25) is 0 Å². The standard InChI is InChI=1S/C15H21NO/c1-3-16-15(11-7-6-10-14(15)17)13-9-5-4-8-12(13)2/h4-5,8-9,16H,3,6-7,10-11H2,1-2H3/t15-/m1/s1. The SMILES string of the molecule is CCN[C@@]1(c2ccccc2C)CCCCC1=O. The Balaban J connectivity index is 2.47. The van der Waals surface area contributed by atoms with Crippen LogP contribution in [0.25, 0.3) is 0 Å². The third-order valence-electron chi connectivity index (χ3n) is 3.77. The van der Waals surface area contributed by atoms with Crippen LogP contribution < -0.4 is 5.32 Å². The summed E-state index contributed by atoms with van der Waals surface area (Å²) >= 11 is 0. The number of nitrogens with one attached hydrogen (secondary N) is 1. The molecule has 1 saturated carbocycles. The van der Waals surface area contributed by atoms with E-state index in [1.54, 1.807) is 0 Å². The number of Topliss-reactive ketones (excluding diaryl/α,β-unsaturated/α-hetero) is 1. The molecule has 0 bridgehead atoms. The van der Waals surface area contributed by atoms with Gasteiger partial charge in [0, 0.05) is 6.42 Å². The third kappa shape index (κ3) is 2.14. The Bertz CT molecular complexity index is 409. The summed E-state index contributed by atoms with van der Waals surface area (Å²) in [6.45, 7) is 5.00. The maximum Gasteiger partial charge on any atom is 0.157 e. The topological polar surface area (TPSA) is 29.1 Å². The monoisotopic (exact) mass is 231 g/mol. The molecule has 0 heterocycles. The lowest BCUT2D eigenvalue weighted by atomic mass is 9.74. The first-order valence-electron chi connectivity index (χ1n) is 6.55. The third-order valence-corrected chi connectivity index (χ3v) is 3.77. The molecule has 0 aliphatic heterocycles. The number of likely N-dealkylation sites (N-methyl/N-ethyl adjacent to an activating group) is 1. The molecule has 1 aromatic carbocycles. The van der Waals surface area contributed by atoms with E-state index < -0.39 is 5.54 Å². The number of carbonyl (C=O) groups is 1. The molecule has 0 amide bonds. The first kappa shape index (κ1) is 12.3. The minimum Gasteiger partial charge on any atom is -0.302 e. The lowest BCUT2D eigenvalue weighted by molar-refractivity contribution is -0.128. The molecule has 0 saturated heterocycles. The Morgan fingerprint density at radius 1 is 1.29 bits per heavy atom. The second-order valence-electron chi connectivity index (χ2n) is 4.88. The van der Waals surface area contributed by atoms with Crippen molar-refractivity contribution in [2.45, 2.75) is 45.1 Å². The molecule has 2 rings (SSSR count). The van der Waals surface area contributed by atoms with E-state index in [9.17, 15) is 4.79 Å². The Morgan fingerprint density at radius 3 is 2.71 bits per heavy atom. The summed E-state index contributed by atoms with van der Waals surface area (Å²) in [6, 6.07) is 8.26. The van der Waals surface area contributed by atoms with Crippen molar-refractivity contribution in [3.05, 3.63) is 35.4 Å². The van der Waals surface area contributed by atoms with Gasteiger partial charge in [-0.05, 0) is 37.4 Å². The van der Waals surface area contributed by atoms with Crippen molar-refractivity contribution < 1.29 is 4.79 Å². The van der Waals surface area contributed by atoms with Crippen molar-refractivity contribution in [3.63, 3.8) is 0 Å². The summed E-state index contributed by atoms with van der Waals surface area (Å²) in [5.41, 5.74) is 1.97. The van der Waals surface area contributed by atoms with E-state index in [1.807, 2.05) is 12.1 Å². The van der Waals surface area contributed by atoms with Gasteiger partial charge < -0.3 is 5.32 Å². The first-order valence-corrected chi connectivity index (χ1v) is 6.55. The Labute approximate surface area is 103 Å². The largest absolute Gasteiger partial charge is 0.302 e. The van der Waals surface area contributed by atoms with Crippen molar-refractivity contribution in [2.75, 3.05) is 6.54 Å². The van der Waals surface area contributed by atoms with E-state index in [0.717, 1.165) is 25.8 Å². The summed E-state index contributed by atoms with van der Waals surface area (Å²) in [6.07, 6.45) is 3.82. The molecule has 0 unspecified atom stereocenters. The minimum atomic E-state index is -0.418. The molecule has 0 radical (unpaired) electrons. The molecule has 1 aliphatic rings. The number of ketones is 1. The zero-order chi connectivity index (χ0) is 12.3. The average Bonchev–Trinajstić information content (AvgIpc) is 2.33. The maximum atomic E-state index is 12.4. The number of rotatable bonds is 3. The van der Waals surface area contributed by atoms with Crippen LogP contribution in [0.5, 0.6) is 0 Å². The summed E-state index contributed by atoms with van der Waals surface area (Å²) < 4.78 is 0. The molecule has 92 valence electrons. The highest BCUT2D eigenvalue weighted by Crippen LogP contribution is 2.35. The second kappa shape index (κ2) is 5.01. The number of hydrogen-bond donors (Lipinski definition) is 1. The summed E-state index contributed by atoms with van der Waals surface area (Å²) in [5, 5.41) is 3.46. The van der Waals surface area contributed by atoms with Gasteiger partial charge in [-0.2, -0.15) is 0 Å². The summed E-state index contributed by atoms with van der Waals surface area (Å²) in [7, 11) is 0. The minimum absolute atomic E-state index is 0.361. The predicted molar refractivity (Wildman–Crippen MR) is 70.0 cm³/mol. The molecule has 1 aromatic rings. The lowest BCUT2D eigenvalue weighted by Crippen LogP contribution is -2.51. The van der Waals surface area contributed by atoms with Crippen molar-refractivity contribution in [1.29, 1.82) is 0 Å². The van der Waals surface area contributed by atoms with Gasteiger partial charge in [-0.15, -0.1) is 0 Å². The van der Waals surface area contributed by atoms with Crippen LogP contribution in [0.15, 0.2) is 24.3 Å². The van der Waals surface area contributed by atoms with Crippen LogP contribution in [0.1, 0.15) is 43.7 Å². The number of hydrogen-bond acceptors (Lipinski definition) is 2. The van der Waals surface area contributed by atoms with Crippen molar-refractivity contribution >= 4 is 5.78 Å². The Hall–Kier alpha value is -1.15. The molecular weight excluding hydrogens is 210 g/mol. The second-order valence-corrected chi connectivity index (χ2v) is 4.88. The highest BCUT2D eigenvalue weighted by atomic mass is 16.1. The Kier molecular flexibility index (Phi) is 3.63. The number of aryl methyl sites for hydroxylation is 1. The van der Waals surface area contributed by atoms with E-state index in [1.165, 1.54) is 11.1 Å².